The van der Waals surface area contributed by atoms with Gasteiger partial charge in [-0.3, -0.25) is 9.59 Å². The van der Waals surface area contributed by atoms with Crippen LogP contribution in [0.15, 0.2) is 0 Å². The Hall–Kier alpha value is -1.43. The Labute approximate surface area is 260 Å². The summed E-state index contributed by atoms with van der Waals surface area (Å²) in [5.74, 6) is -1.91. The lowest BCUT2D eigenvalue weighted by molar-refractivity contribution is -0.153. The van der Waals surface area contributed by atoms with Gasteiger partial charge in [-0.05, 0) is 38.6 Å². The largest absolute Gasteiger partial charge is 0.479 e. The molecule has 0 rings (SSSR count). The maximum Gasteiger partial charge on any atom is 0.337 e. The molecule has 0 saturated carbocycles. The van der Waals surface area contributed by atoms with Crippen LogP contribution in [0, 0.1) is 0 Å². The molecule has 248 valence electrons. The number of Topliss-reactive ketones (excluding diaryl/α,β-unsaturated/α-hetero) is 1. The van der Waals surface area contributed by atoms with Gasteiger partial charge in [0.1, 0.15) is 0 Å². The SMILES string of the molecule is CCCCCCCCCCCCCCCCCC(=O)N[C@@](CCCCN)(C(=O)O)C(=O)CCCCCCCCCCC. The molecule has 0 aromatic heterocycles. The summed E-state index contributed by atoms with van der Waals surface area (Å²) in [6.45, 7) is 4.92. The van der Waals surface area contributed by atoms with Crippen LogP contribution in [0.25, 0.3) is 0 Å². The van der Waals surface area contributed by atoms with E-state index in [-0.39, 0.29) is 31.0 Å². The van der Waals surface area contributed by atoms with Gasteiger partial charge in [-0.2, -0.15) is 0 Å². The standard InChI is InChI=1S/C36H70N2O4/c1-3-5-7-9-11-13-14-15-16-17-18-20-22-24-26-30-34(40)38-36(35(41)42,31-27-28-32-37)33(39)29-25-23-21-19-12-10-8-6-4-2/h3-32,37H2,1-2H3,(H,38,40)(H,41,42)/t36-/m1/s1. The van der Waals surface area contributed by atoms with E-state index in [4.69, 9.17) is 5.73 Å². The Balaban J connectivity index is 4.29. The first-order valence-corrected chi connectivity index (χ1v) is 18.2. The minimum atomic E-state index is -1.82. The summed E-state index contributed by atoms with van der Waals surface area (Å²) in [6.07, 6.45) is 30.7. The third-order valence-electron chi connectivity index (χ3n) is 8.71. The summed E-state index contributed by atoms with van der Waals surface area (Å²) in [4.78, 5) is 38.4. The van der Waals surface area contributed by atoms with Gasteiger partial charge in [-0.15, -0.1) is 0 Å². The van der Waals surface area contributed by atoms with Crippen LogP contribution in [0.5, 0.6) is 0 Å². The molecule has 42 heavy (non-hydrogen) atoms. The van der Waals surface area contributed by atoms with Crippen LogP contribution in [0.3, 0.4) is 0 Å². The number of rotatable bonds is 33. The smallest absolute Gasteiger partial charge is 0.337 e. The molecule has 0 unspecified atom stereocenters. The lowest BCUT2D eigenvalue weighted by atomic mass is 9.84. The summed E-state index contributed by atoms with van der Waals surface area (Å²) in [5, 5.41) is 12.8. The van der Waals surface area contributed by atoms with Crippen molar-refractivity contribution in [2.45, 2.75) is 206 Å². The quantitative estimate of drug-likeness (QED) is 0.0517. The van der Waals surface area contributed by atoms with Gasteiger partial charge in [0.25, 0.3) is 0 Å². The van der Waals surface area contributed by atoms with E-state index in [1.807, 2.05) is 0 Å². The number of aliphatic carboxylic acids is 1. The summed E-state index contributed by atoms with van der Waals surface area (Å²) in [7, 11) is 0. The molecule has 0 aliphatic rings. The van der Waals surface area contributed by atoms with Crippen molar-refractivity contribution in [3.63, 3.8) is 0 Å². The molecule has 0 spiro atoms. The predicted octanol–water partition coefficient (Wildman–Crippen LogP) is 9.81. The highest BCUT2D eigenvalue weighted by Gasteiger charge is 2.45. The maximum atomic E-state index is 13.2. The molecule has 1 atom stereocenters. The van der Waals surface area contributed by atoms with Crippen molar-refractivity contribution in [3.05, 3.63) is 0 Å². The summed E-state index contributed by atoms with van der Waals surface area (Å²) in [5.41, 5.74) is 3.81. The Morgan fingerprint density at radius 1 is 0.524 bits per heavy atom. The third-order valence-corrected chi connectivity index (χ3v) is 8.71. The number of hydrogen-bond donors (Lipinski definition) is 3. The van der Waals surface area contributed by atoms with Gasteiger partial charge < -0.3 is 16.2 Å². The maximum absolute atomic E-state index is 13.2. The minimum absolute atomic E-state index is 0.112. The van der Waals surface area contributed by atoms with Crippen LogP contribution in [0.1, 0.15) is 200 Å². The topological polar surface area (TPSA) is 109 Å². The molecule has 0 radical (unpaired) electrons. The van der Waals surface area contributed by atoms with E-state index >= 15 is 0 Å². The summed E-state index contributed by atoms with van der Waals surface area (Å²) >= 11 is 0. The van der Waals surface area contributed by atoms with Crippen LogP contribution in [-0.2, 0) is 14.4 Å². The molecule has 6 nitrogen and oxygen atoms in total. The molecule has 0 aliphatic carbocycles. The molecule has 0 aromatic carbocycles. The van der Waals surface area contributed by atoms with Crippen molar-refractivity contribution >= 4 is 17.7 Å². The summed E-state index contributed by atoms with van der Waals surface area (Å²) < 4.78 is 0. The van der Waals surface area contributed by atoms with Gasteiger partial charge in [-0.1, -0.05) is 155 Å². The van der Waals surface area contributed by atoms with Crippen LogP contribution >= 0.6 is 0 Å². The molecule has 0 aliphatic heterocycles. The van der Waals surface area contributed by atoms with Crippen molar-refractivity contribution < 1.29 is 19.5 Å². The van der Waals surface area contributed by atoms with E-state index in [0.717, 1.165) is 38.5 Å². The van der Waals surface area contributed by atoms with Gasteiger partial charge >= 0.3 is 5.97 Å². The highest BCUT2D eigenvalue weighted by Crippen LogP contribution is 2.22. The first-order chi connectivity index (χ1) is 20.4. The average Bonchev–Trinajstić information content (AvgIpc) is 2.97. The zero-order valence-corrected chi connectivity index (χ0v) is 28.0. The fourth-order valence-corrected chi connectivity index (χ4v) is 5.85. The van der Waals surface area contributed by atoms with Gasteiger partial charge in [0.2, 0.25) is 5.91 Å². The van der Waals surface area contributed by atoms with Crippen LogP contribution in [-0.4, -0.2) is 34.8 Å². The number of carbonyl (C=O) groups excluding carboxylic acids is 2. The van der Waals surface area contributed by atoms with Crippen molar-refractivity contribution in [3.8, 4) is 0 Å². The first kappa shape index (κ1) is 40.6. The molecule has 0 heterocycles. The Morgan fingerprint density at radius 3 is 1.24 bits per heavy atom. The fourth-order valence-electron chi connectivity index (χ4n) is 5.85. The van der Waals surface area contributed by atoms with Gasteiger partial charge in [0, 0.05) is 12.8 Å². The number of nitrogens with two attached hydrogens (primary N) is 1. The molecule has 0 aromatic rings. The lowest BCUT2D eigenvalue weighted by Gasteiger charge is -2.29. The molecule has 6 heteroatoms. The van der Waals surface area contributed by atoms with Crippen molar-refractivity contribution in [1.82, 2.24) is 5.32 Å². The molecule has 0 saturated heterocycles. The second kappa shape index (κ2) is 29.6. The number of unbranched alkanes of at least 4 members (excludes halogenated alkanes) is 23. The Bertz CT molecular complexity index is 654. The van der Waals surface area contributed by atoms with Gasteiger partial charge in [-0.25, -0.2) is 4.79 Å². The molecular formula is C36H70N2O4. The normalized spacial score (nSPS) is 12.7. The number of amides is 1. The van der Waals surface area contributed by atoms with E-state index in [0.29, 0.717) is 25.8 Å². The van der Waals surface area contributed by atoms with E-state index in [1.165, 1.54) is 109 Å². The molecule has 0 bridgehead atoms. The number of hydrogen-bond acceptors (Lipinski definition) is 4. The van der Waals surface area contributed by atoms with Crippen LogP contribution < -0.4 is 11.1 Å². The monoisotopic (exact) mass is 595 g/mol. The number of nitrogens with one attached hydrogen (secondary N) is 1. The molecular weight excluding hydrogens is 524 g/mol. The molecule has 4 N–H and O–H groups in total. The fraction of sp³-hybridized carbons (Fsp3) is 0.917. The zero-order valence-electron chi connectivity index (χ0n) is 28.0. The van der Waals surface area contributed by atoms with Gasteiger partial charge in [0.15, 0.2) is 11.3 Å². The zero-order chi connectivity index (χ0) is 31.2. The number of carboxylic acids is 1. The number of carboxylic acid groups (broad SMARTS) is 1. The van der Waals surface area contributed by atoms with E-state index in [9.17, 15) is 19.5 Å². The van der Waals surface area contributed by atoms with Crippen LogP contribution in [0.4, 0.5) is 0 Å². The van der Waals surface area contributed by atoms with E-state index in [2.05, 4.69) is 19.2 Å². The third kappa shape index (κ3) is 22.2. The second-order valence-corrected chi connectivity index (χ2v) is 12.7. The van der Waals surface area contributed by atoms with E-state index in [1.54, 1.807) is 0 Å². The highest BCUT2D eigenvalue weighted by molar-refractivity contribution is 6.10. The van der Waals surface area contributed by atoms with Crippen molar-refractivity contribution in [1.29, 1.82) is 0 Å². The van der Waals surface area contributed by atoms with Crippen LogP contribution in [0.2, 0.25) is 0 Å². The molecule has 0 fully saturated rings. The predicted molar refractivity (Wildman–Crippen MR) is 178 cm³/mol. The molecule has 1 amide bonds. The van der Waals surface area contributed by atoms with Gasteiger partial charge in [0.05, 0.1) is 0 Å². The lowest BCUT2D eigenvalue weighted by Crippen LogP contribution is -2.60. The van der Waals surface area contributed by atoms with E-state index < -0.39 is 11.5 Å². The van der Waals surface area contributed by atoms with Crippen molar-refractivity contribution in [2.75, 3.05) is 6.54 Å². The Kier molecular flexibility index (Phi) is 28.6. The second-order valence-electron chi connectivity index (χ2n) is 12.7. The van der Waals surface area contributed by atoms with Crippen molar-refractivity contribution in [2.24, 2.45) is 5.73 Å². The number of ketones is 1. The minimum Gasteiger partial charge on any atom is -0.479 e. The average molecular weight is 595 g/mol. The Morgan fingerprint density at radius 2 is 0.881 bits per heavy atom. The number of carbonyl (C=O) groups is 3. The first-order valence-electron chi connectivity index (χ1n) is 18.2. The summed E-state index contributed by atoms with van der Waals surface area (Å²) in [6, 6.07) is 0. The highest BCUT2D eigenvalue weighted by atomic mass is 16.4.